The fourth-order valence-corrected chi connectivity index (χ4v) is 2.04. The first-order valence-electron chi connectivity index (χ1n) is 7.03. The van der Waals surface area contributed by atoms with Gasteiger partial charge in [-0.3, -0.25) is 14.6 Å². The number of ether oxygens (including phenoxy) is 1. The molecule has 0 aliphatic carbocycles. The zero-order chi connectivity index (χ0) is 16.9. The third-order valence-electron chi connectivity index (χ3n) is 3.22. The third kappa shape index (κ3) is 3.46. The molecular formula is C15H13N5O4. The summed E-state index contributed by atoms with van der Waals surface area (Å²) in [5, 5.41) is 3.23. The van der Waals surface area contributed by atoms with E-state index in [0.29, 0.717) is 16.8 Å². The van der Waals surface area contributed by atoms with Crippen molar-refractivity contribution < 1.29 is 9.53 Å². The van der Waals surface area contributed by atoms with E-state index in [1.54, 1.807) is 6.07 Å². The van der Waals surface area contributed by atoms with E-state index in [1.807, 2.05) is 18.2 Å². The van der Waals surface area contributed by atoms with Gasteiger partial charge in [-0.2, -0.15) is 0 Å². The quantitative estimate of drug-likeness (QED) is 0.590. The highest BCUT2D eigenvalue weighted by molar-refractivity contribution is 5.83. The van der Waals surface area contributed by atoms with Gasteiger partial charge in [-0.25, -0.2) is 14.8 Å². The normalized spacial score (nSPS) is 10.5. The van der Waals surface area contributed by atoms with Crippen LogP contribution in [-0.4, -0.2) is 32.4 Å². The second-order valence-corrected chi connectivity index (χ2v) is 4.86. The Morgan fingerprint density at radius 2 is 2.04 bits per heavy atom. The van der Waals surface area contributed by atoms with E-state index < -0.39 is 17.2 Å². The number of amides is 1. The second kappa shape index (κ2) is 6.73. The maximum Gasteiger partial charge on any atom is 0.325 e. The van der Waals surface area contributed by atoms with Crippen LogP contribution in [-0.2, 0) is 11.3 Å². The molecule has 0 fully saturated rings. The first kappa shape index (κ1) is 15.4. The highest BCUT2D eigenvalue weighted by Crippen LogP contribution is 2.20. The number of nitrogens with one attached hydrogen (secondary N) is 3. The molecule has 3 aromatic rings. The molecule has 1 aromatic carbocycles. The lowest BCUT2D eigenvalue weighted by Crippen LogP contribution is -2.33. The molecule has 3 rings (SSSR count). The minimum Gasteiger partial charge on any atom is -0.467 e. The van der Waals surface area contributed by atoms with Crippen molar-refractivity contribution in [1.29, 1.82) is 0 Å². The Balaban J connectivity index is 1.61. The van der Waals surface area contributed by atoms with Crippen molar-refractivity contribution in [3.63, 3.8) is 0 Å². The summed E-state index contributed by atoms with van der Waals surface area (Å²) < 4.78 is 5.41. The van der Waals surface area contributed by atoms with Gasteiger partial charge >= 0.3 is 5.69 Å². The molecule has 0 aliphatic rings. The summed E-state index contributed by atoms with van der Waals surface area (Å²) in [5.41, 5.74) is -0.214. The number of aromatic amines is 2. The van der Waals surface area contributed by atoms with Crippen molar-refractivity contribution in [3.05, 3.63) is 63.2 Å². The summed E-state index contributed by atoms with van der Waals surface area (Å²) in [6.45, 7) is -0.291. The lowest BCUT2D eigenvalue weighted by atomic mass is 10.2. The van der Waals surface area contributed by atoms with E-state index in [4.69, 9.17) is 4.74 Å². The number of H-pyrrole nitrogens is 2. The molecule has 0 atom stereocenters. The average molecular weight is 327 g/mol. The van der Waals surface area contributed by atoms with E-state index in [2.05, 4.69) is 25.3 Å². The SMILES string of the molecule is O=C(COc1ncnc2ccccc12)NCc1c[nH]c(=O)[nH]c1=O. The maximum absolute atomic E-state index is 11.8. The molecule has 0 radical (unpaired) electrons. The molecule has 9 heteroatoms. The van der Waals surface area contributed by atoms with Gasteiger partial charge in [0.25, 0.3) is 11.5 Å². The molecule has 2 aromatic heterocycles. The monoisotopic (exact) mass is 327 g/mol. The fraction of sp³-hybridized carbons (Fsp3) is 0.133. The Morgan fingerprint density at radius 3 is 2.88 bits per heavy atom. The van der Waals surface area contributed by atoms with E-state index in [1.165, 1.54) is 12.5 Å². The van der Waals surface area contributed by atoms with Gasteiger partial charge < -0.3 is 15.0 Å². The number of carbonyl (C=O) groups is 1. The van der Waals surface area contributed by atoms with Crippen LogP contribution in [0, 0.1) is 0 Å². The van der Waals surface area contributed by atoms with Crippen LogP contribution < -0.4 is 21.3 Å². The Morgan fingerprint density at radius 1 is 1.21 bits per heavy atom. The number of fused-ring (bicyclic) bond motifs is 1. The molecule has 1 amide bonds. The Kier molecular flexibility index (Phi) is 4.32. The predicted molar refractivity (Wildman–Crippen MR) is 84.6 cm³/mol. The number of hydrogen-bond acceptors (Lipinski definition) is 6. The Bertz CT molecular complexity index is 989. The van der Waals surface area contributed by atoms with E-state index in [-0.39, 0.29) is 18.7 Å². The van der Waals surface area contributed by atoms with Crippen LogP contribution in [0.1, 0.15) is 5.56 Å². The van der Waals surface area contributed by atoms with Crippen LogP contribution in [0.2, 0.25) is 0 Å². The molecular weight excluding hydrogens is 314 g/mol. The van der Waals surface area contributed by atoms with Gasteiger partial charge in [0, 0.05) is 12.7 Å². The molecule has 0 saturated carbocycles. The predicted octanol–water partition coefficient (Wildman–Crippen LogP) is -0.298. The Hall–Kier alpha value is -3.49. The Labute approximate surface area is 134 Å². The van der Waals surface area contributed by atoms with Crippen molar-refractivity contribution in [3.8, 4) is 5.88 Å². The minimum atomic E-state index is -0.603. The van der Waals surface area contributed by atoms with Crippen LogP contribution in [0.4, 0.5) is 0 Å². The van der Waals surface area contributed by atoms with Crippen molar-refractivity contribution in [2.75, 3.05) is 6.61 Å². The van der Waals surface area contributed by atoms with Crippen molar-refractivity contribution in [2.45, 2.75) is 6.54 Å². The number of para-hydroxylation sites is 1. The molecule has 122 valence electrons. The molecule has 0 saturated heterocycles. The van der Waals surface area contributed by atoms with Crippen molar-refractivity contribution in [1.82, 2.24) is 25.3 Å². The topological polar surface area (TPSA) is 130 Å². The molecule has 24 heavy (non-hydrogen) atoms. The molecule has 2 heterocycles. The first-order valence-corrected chi connectivity index (χ1v) is 7.03. The van der Waals surface area contributed by atoms with E-state index in [9.17, 15) is 14.4 Å². The first-order chi connectivity index (χ1) is 11.6. The maximum atomic E-state index is 11.8. The number of rotatable bonds is 5. The highest BCUT2D eigenvalue weighted by Gasteiger charge is 2.08. The molecule has 0 aliphatic heterocycles. The van der Waals surface area contributed by atoms with Crippen molar-refractivity contribution >= 4 is 16.8 Å². The van der Waals surface area contributed by atoms with Crippen LogP contribution in [0.25, 0.3) is 10.9 Å². The van der Waals surface area contributed by atoms with Crippen LogP contribution in [0.15, 0.2) is 46.4 Å². The molecule has 0 bridgehead atoms. The molecule has 0 unspecified atom stereocenters. The smallest absolute Gasteiger partial charge is 0.325 e. The van der Waals surface area contributed by atoms with Crippen LogP contribution in [0.5, 0.6) is 5.88 Å². The molecule has 3 N–H and O–H groups in total. The van der Waals surface area contributed by atoms with Gasteiger partial charge in [0.2, 0.25) is 5.88 Å². The number of benzene rings is 1. The summed E-state index contributed by atoms with van der Waals surface area (Å²) in [6.07, 6.45) is 2.61. The van der Waals surface area contributed by atoms with Gasteiger partial charge in [0.05, 0.1) is 16.5 Å². The number of aromatic nitrogens is 4. The molecule has 9 nitrogen and oxygen atoms in total. The van der Waals surface area contributed by atoms with Gasteiger partial charge in [-0.15, -0.1) is 0 Å². The zero-order valence-corrected chi connectivity index (χ0v) is 12.4. The highest BCUT2D eigenvalue weighted by atomic mass is 16.5. The fourth-order valence-electron chi connectivity index (χ4n) is 2.04. The standard InChI is InChI=1S/C15H13N5O4/c21-12(16-5-9-6-17-15(23)20-13(9)22)7-24-14-10-3-1-2-4-11(10)18-8-19-14/h1-4,6,8H,5,7H2,(H,16,21)(H2,17,20,22,23). The average Bonchev–Trinajstić information content (AvgIpc) is 2.59. The van der Waals surface area contributed by atoms with Gasteiger partial charge in [-0.05, 0) is 12.1 Å². The lowest BCUT2D eigenvalue weighted by molar-refractivity contribution is -0.123. The minimum absolute atomic E-state index is 0.0289. The summed E-state index contributed by atoms with van der Waals surface area (Å²) in [6, 6.07) is 7.27. The van der Waals surface area contributed by atoms with Gasteiger partial charge in [-0.1, -0.05) is 12.1 Å². The summed E-state index contributed by atoms with van der Waals surface area (Å²) >= 11 is 0. The summed E-state index contributed by atoms with van der Waals surface area (Å²) in [7, 11) is 0. The summed E-state index contributed by atoms with van der Waals surface area (Å²) in [5.74, 6) is -0.124. The van der Waals surface area contributed by atoms with E-state index in [0.717, 1.165) is 0 Å². The zero-order valence-electron chi connectivity index (χ0n) is 12.4. The van der Waals surface area contributed by atoms with Crippen LogP contribution in [0.3, 0.4) is 0 Å². The van der Waals surface area contributed by atoms with Gasteiger partial charge in [0.15, 0.2) is 6.61 Å². The van der Waals surface area contributed by atoms with Gasteiger partial charge in [0.1, 0.15) is 6.33 Å². The number of hydrogen-bond donors (Lipinski definition) is 3. The van der Waals surface area contributed by atoms with Crippen LogP contribution >= 0.6 is 0 Å². The summed E-state index contributed by atoms with van der Waals surface area (Å²) in [4.78, 5) is 46.8. The van der Waals surface area contributed by atoms with Crippen molar-refractivity contribution in [2.24, 2.45) is 0 Å². The number of carbonyl (C=O) groups excluding carboxylic acids is 1. The molecule has 0 spiro atoms. The second-order valence-electron chi connectivity index (χ2n) is 4.86. The lowest BCUT2D eigenvalue weighted by Gasteiger charge is -2.08. The number of nitrogens with zero attached hydrogens (tertiary/aromatic N) is 2. The third-order valence-corrected chi connectivity index (χ3v) is 3.22. The van der Waals surface area contributed by atoms with E-state index >= 15 is 0 Å². The largest absolute Gasteiger partial charge is 0.467 e.